The number of halogens is 1. The molecule has 0 spiro atoms. The van der Waals surface area contributed by atoms with E-state index in [9.17, 15) is 0 Å². The maximum atomic E-state index is 9.02. The van der Waals surface area contributed by atoms with Crippen molar-refractivity contribution < 1.29 is 14.2 Å². The summed E-state index contributed by atoms with van der Waals surface area (Å²) < 4.78 is 16.6. The largest absolute Gasteiger partial charge is 0.491 e. The van der Waals surface area contributed by atoms with E-state index in [0.29, 0.717) is 53.5 Å². The van der Waals surface area contributed by atoms with E-state index >= 15 is 0 Å². The van der Waals surface area contributed by atoms with Crippen LogP contribution in [0.5, 0.6) is 17.2 Å². The first kappa shape index (κ1) is 19.8. The zero-order valence-corrected chi connectivity index (χ0v) is 15.5. The van der Waals surface area contributed by atoms with E-state index in [0.717, 1.165) is 5.75 Å². The Balaban J connectivity index is 0.00000243. The maximum absolute atomic E-state index is 9.02. The first-order valence-corrected chi connectivity index (χ1v) is 8.73. The van der Waals surface area contributed by atoms with E-state index < -0.39 is 0 Å². The normalized spacial score (nSPS) is 12.7. The van der Waals surface area contributed by atoms with Crippen LogP contribution in [-0.2, 0) is 0 Å². The third-order valence-electron chi connectivity index (χ3n) is 3.36. The Morgan fingerprint density at radius 3 is 2.77 bits per heavy atom. The quantitative estimate of drug-likeness (QED) is 0.476. The molecule has 2 N–H and O–H groups in total. The van der Waals surface area contributed by atoms with Crippen molar-refractivity contribution in [2.75, 3.05) is 25.6 Å². The molecule has 0 fully saturated rings. The van der Waals surface area contributed by atoms with Gasteiger partial charge in [-0.05, 0) is 24.3 Å². The van der Waals surface area contributed by atoms with Gasteiger partial charge in [0.2, 0.25) is 0 Å². The first-order chi connectivity index (χ1) is 12.3. The lowest BCUT2D eigenvalue weighted by Gasteiger charge is -2.18. The van der Waals surface area contributed by atoms with Crippen LogP contribution >= 0.6 is 24.2 Å². The highest BCUT2D eigenvalue weighted by Crippen LogP contribution is 2.33. The molecule has 1 aliphatic rings. The smallest absolute Gasteiger partial charge is 0.163 e. The molecule has 136 valence electrons. The first-order valence-electron chi connectivity index (χ1n) is 7.75. The highest BCUT2D eigenvalue weighted by atomic mass is 35.5. The summed E-state index contributed by atoms with van der Waals surface area (Å²) in [4.78, 5) is 4.36. The molecular formula is C18H18ClN3O3S. The van der Waals surface area contributed by atoms with E-state index in [4.69, 9.17) is 25.2 Å². The van der Waals surface area contributed by atoms with E-state index in [1.165, 1.54) is 11.8 Å². The zero-order chi connectivity index (χ0) is 17.5. The van der Waals surface area contributed by atoms with Crippen molar-refractivity contribution in [2.24, 2.45) is 10.7 Å². The summed E-state index contributed by atoms with van der Waals surface area (Å²) >= 11 is 1.39. The average Bonchev–Trinajstić information content (AvgIpc) is 2.65. The number of nitrogens with two attached hydrogens (primary N) is 1. The molecule has 0 aromatic heterocycles. The van der Waals surface area contributed by atoms with Crippen LogP contribution in [0.1, 0.15) is 5.56 Å². The van der Waals surface area contributed by atoms with Gasteiger partial charge in [-0.1, -0.05) is 23.9 Å². The third kappa shape index (κ3) is 5.22. The van der Waals surface area contributed by atoms with Gasteiger partial charge in [0.25, 0.3) is 0 Å². The maximum Gasteiger partial charge on any atom is 0.163 e. The Bertz CT molecular complexity index is 824. The van der Waals surface area contributed by atoms with E-state index in [1.54, 1.807) is 18.2 Å². The number of rotatable bonds is 5. The number of nitrogens with zero attached hydrogens (tertiary/aromatic N) is 2. The predicted molar refractivity (Wildman–Crippen MR) is 105 cm³/mol. The van der Waals surface area contributed by atoms with Crippen molar-refractivity contribution in [2.45, 2.75) is 0 Å². The Hall–Kier alpha value is -2.56. The van der Waals surface area contributed by atoms with Crippen molar-refractivity contribution in [3.8, 4) is 23.3 Å². The average molecular weight is 392 g/mol. The van der Waals surface area contributed by atoms with Gasteiger partial charge in [0.1, 0.15) is 25.0 Å². The molecule has 0 atom stereocenters. The summed E-state index contributed by atoms with van der Waals surface area (Å²) in [6.07, 6.45) is 0. The molecule has 0 radical (unpaired) electrons. The second-order valence-electron chi connectivity index (χ2n) is 5.08. The lowest BCUT2D eigenvalue weighted by Crippen LogP contribution is -2.15. The van der Waals surface area contributed by atoms with Crippen molar-refractivity contribution in [3.63, 3.8) is 0 Å². The van der Waals surface area contributed by atoms with Crippen LogP contribution in [0.4, 0.5) is 5.69 Å². The molecule has 0 aliphatic carbocycles. The van der Waals surface area contributed by atoms with E-state index in [1.807, 2.05) is 24.3 Å². The van der Waals surface area contributed by atoms with Gasteiger partial charge < -0.3 is 19.9 Å². The summed E-state index contributed by atoms with van der Waals surface area (Å²) in [5.74, 6) is 2.61. The number of amidine groups is 1. The predicted octanol–water partition coefficient (Wildman–Crippen LogP) is 3.51. The van der Waals surface area contributed by atoms with E-state index in [2.05, 4.69) is 11.1 Å². The van der Waals surface area contributed by atoms with Gasteiger partial charge >= 0.3 is 0 Å². The molecule has 1 aliphatic heterocycles. The van der Waals surface area contributed by atoms with Gasteiger partial charge in [-0.25, -0.2) is 4.99 Å². The minimum atomic E-state index is 0. The number of nitriles is 1. The lowest BCUT2D eigenvalue weighted by molar-refractivity contribution is 0.171. The van der Waals surface area contributed by atoms with Gasteiger partial charge in [-0.2, -0.15) is 5.26 Å². The molecule has 8 heteroatoms. The Morgan fingerprint density at radius 2 is 1.96 bits per heavy atom. The van der Waals surface area contributed by atoms with E-state index in [-0.39, 0.29) is 12.4 Å². The fourth-order valence-corrected chi connectivity index (χ4v) is 2.79. The number of ether oxygens (including phenoxy) is 3. The molecule has 3 rings (SSSR count). The van der Waals surface area contributed by atoms with Crippen LogP contribution in [0.3, 0.4) is 0 Å². The molecule has 0 saturated heterocycles. The second-order valence-corrected chi connectivity index (χ2v) is 6.20. The van der Waals surface area contributed by atoms with Crippen LogP contribution in [-0.4, -0.2) is 30.7 Å². The van der Waals surface area contributed by atoms with Crippen molar-refractivity contribution in [3.05, 3.63) is 48.0 Å². The molecule has 26 heavy (non-hydrogen) atoms. The Labute approximate surface area is 162 Å². The van der Waals surface area contributed by atoms with Gasteiger partial charge in [0.05, 0.1) is 17.9 Å². The minimum Gasteiger partial charge on any atom is -0.491 e. The molecule has 0 amide bonds. The molecule has 0 saturated carbocycles. The molecule has 6 nitrogen and oxygen atoms in total. The number of thioether (sulfide) groups is 1. The van der Waals surface area contributed by atoms with Crippen LogP contribution in [0, 0.1) is 11.3 Å². The second kappa shape index (κ2) is 9.80. The zero-order valence-electron chi connectivity index (χ0n) is 13.9. The molecule has 1 heterocycles. The number of hydrogen-bond donors (Lipinski definition) is 1. The summed E-state index contributed by atoms with van der Waals surface area (Å²) in [6, 6.07) is 14.7. The van der Waals surface area contributed by atoms with Gasteiger partial charge in [0, 0.05) is 11.8 Å². The summed E-state index contributed by atoms with van der Waals surface area (Å²) in [6.45, 7) is 1.52. The fourth-order valence-electron chi connectivity index (χ4n) is 2.24. The summed E-state index contributed by atoms with van der Waals surface area (Å²) in [7, 11) is 0. The third-order valence-corrected chi connectivity index (χ3v) is 4.12. The standard InChI is InChI=1S/C18H17N3O3S.ClH/c19-12-13-3-1-2-4-15(13)24-9-10-25-18(20)21-14-5-6-16-17(11-14)23-8-7-22-16;/h1-6,11H,7-10H2,(H2,20,21);1H. The highest BCUT2D eigenvalue weighted by molar-refractivity contribution is 8.13. The lowest BCUT2D eigenvalue weighted by atomic mass is 10.2. The Morgan fingerprint density at radius 1 is 1.19 bits per heavy atom. The number of hydrogen-bond acceptors (Lipinski definition) is 6. The minimum absolute atomic E-state index is 0. The number of para-hydroxylation sites is 1. The molecule has 2 aromatic carbocycles. The molecule has 0 bridgehead atoms. The van der Waals surface area contributed by atoms with Crippen molar-refractivity contribution in [1.82, 2.24) is 0 Å². The van der Waals surface area contributed by atoms with Crippen LogP contribution in [0.25, 0.3) is 0 Å². The molecular weight excluding hydrogens is 374 g/mol. The van der Waals surface area contributed by atoms with Crippen LogP contribution in [0.15, 0.2) is 47.5 Å². The fraction of sp³-hybridized carbons (Fsp3) is 0.222. The summed E-state index contributed by atoms with van der Waals surface area (Å²) in [5.41, 5.74) is 7.18. The molecule has 0 unspecified atom stereocenters. The van der Waals surface area contributed by atoms with Gasteiger partial charge in [0.15, 0.2) is 16.7 Å². The number of fused-ring (bicyclic) bond motifs is 1. The highest BCUT2D eigenvalue weighted by Gasteiger charge is 2.11. The van der Waals surface area contributed by atoms with Gasteiger partial charge in [-0.15, -0.1) is 12.4 Å². The van der Waals surface area contributed by atoms with Crippen LogP contribution in [0.2, 0.25) is 0 Å². The number of aliphatic imine (C=N–C) groups is 1. The topological polar surface area (TPSA) is 89.9 Å². The SMILES string of the molecule is Cl.N#Cc1ccccc1OCCSC(N)=Nc1ccc2c(c1)OCCO2. The molecule has 2 aromatic rings. The Kier molecular flexibility index (Phi) is 7.45. The van der Waals surface area contributed by atoms with Crippen molar-refractivity contribution in [1.29, 1.82) is 5.26 Å². The number of benzene rings is 2. The monoisotopic (exact) mass is 391 g/mol. The van der Waals surface area contributed by atoms with Crippen LogP contribution < -0.4 is 19.9 Å². The van der Waals surface area contributed by atoms with Gasteiger partial charge in [-0.3, -0.25) is 0 Å². The van der Waals surface area contributed by atoms with Crippen molar-refractivity contribution >= 4 is 35.0 Å². The summed E-state index contributed by atoms with van der Waals surface area (Å²) in [5, 5.41) is 9.46.